The average Bonchev–Trinajstić information content (AvgIpc) is 2.48. The highest BCUT2D eigenvalue weighted by Crippen LogP contribution is 2.31. The standard InChI is InChI=1S/C10H15NO2/c1-4-10(8(2)12)6-5-7-11(10)9(3)13/h4H,1,5-7H2,2-3H3/t10-/m0/s1. The number of ketones is 1. The van der Waals surface area contributed by atoms with Gasteiger partial charge in [-0.15, -0.1) is 6.58 Å². The van der Waals surface area contributed by atoms with Gasteiger partial charge in [-0.1, -0.05) is 6.08 Å². The lowest BCUT2D eigenvalue weighted by atomic mass is 9.92. The van der Waals surface area contributed by atoms with Crippen LogP contribution in [0.5, 0.6) is 0 Å². The minimum Gasteiger partial charge on any atom is -0.327 e. The Morgan fingerprint density at radius 2 is 2.08 bits per heavy atom. The molecule has 1 rings (SSSR count). The van der Waals surface area contributed by atoms with E-state index in [4.69, 9.17) is 0 Å². The van der Waals surface area contributed by atoms with Crippen LogP contribution in [0.4, 0.5) is 0 Å². The van der Waals surface area contributed by atoms with Crippen molar-refractivity contribution in [1.29, 1.82) is 0 Å². The summed E-state index contributed by atoms with van der Waals surface area (Å²) in [5, 5.41) is 0. The van der Waals surface area contributed by atoms with E-state index >= 15 is 0 Å². The fourth-order valence-electron chi connectivity index (χ4n) is 2.00. The summed E-state index contributed by atoms with van der Waals surface area (Å²) in [4.78, 5) is 24.3. The third-order valence-corrected chi connectivity index (χ3v) is 2.75. The summed E-state index contributed by atoms with van der Waals surface area (Å²) in [6, 6.07) is 0. The fourth-order valence-corrected chi connectivity index (χ4v) is 2.00. The Kier molecular flexibility index (Phi) is 2.55. The number of nitrogens with zero attached hydrogens (tertiary/aromatic N) is 1. The lowest BCUT2D eigenvalue weighted by Crippen LogP contribution is -2.49. The van der Waals surface area contributed by atoms with Crippen LogP contribution in [0.1, 0.15) is 26.7 Å². The number of Topliss-reactive ketones (excluding diaryl/α,β-unsaturated/α-hetero) is 1. The summed E-state index contributed by atoms with van der Waals surface area (Å²) in [5.74, 6) is -0.0391. The molecule has 3 heteroatoms. The topological polar surface area (TPSA) is 37.4 Å². The Labute approximate surface area is 78.4 Å². The SMILES string of the molecule is C=C[C@@]1(C(C)=O)CCCN1C(C)=O. The monoisotopic (exact) mass is 181 g/mol. The van der Waals surface area contributed by atoms with Crippen molar-refractivity contribution in [3.8, 4) is 0 Å². The predicted octanol–water partition coefficient (Wildman–Crippen LogP) is 1.14. The summed E-state index contributed by atoms with van der Waals surface area (Å²) in [7, 11) is 0. The van der Waals surface area contributed by atoms with Gasteiger partial charge in [0.2, 0.25) is 5.91 Å². The largest absolute Gasteiger partial charge is 0.327 e. The Morgan fingerprint density at radius 3 is 2.38 bits per heavy atom. The maximum Gasteiger partial charge on any atom is 0.220 e. The van der Waals surface area contributed by atoms with Crippen LogP contribution in [0.2, 0.25) is 0 Å². The normalized spacial score (nSPS) is 27.4. The molecule has 0 radical (unpaired) electrons. The second kappa shape index (κ2) is 3.32. The maximum atomic E-state index is 11.4. The quantitative estimate of drug-likeness (QED) is 0.599. The van der Waals surface area contributed by atoms with Crippen LogP contribution in [0.25, 0.3) is 0 Å². The predicted molar refractivity (Wildman–Crippen MR) is 50.2 cm³/mol. The van der Waals surface area contributed by atoms with Crippen LogP contribution in [0.15, 0.2) is 12.7 Å². The van der Waals surface area contributed by atoms with Gasteiger partial charge >= 0.3 is 0 Å². The molecule has 1 aliphatic rings. The van der Waals surface area contributed by atoms with E-state index in [1.54, 1.807) is 11.0 Å². The van der Waals surface area contributed by atoms with E-state index in [2.05, 4.69) is 6.58 Å². The van der Waals surface area contributed by atoms with Crippen molar-refractivity contribution in [2.45, 2.75) is 32.2 Å². The van der Waals surface area contributed by atoms with E-state index in [1.807, 2.05) is 0 Å². The average molecular weight is 181 g/mol. The number of carbonyl (C=O) groups excluding carboxylic acids is 2. The van der Waals surface area contributed by atoms with Crippen LogP contribution in [0.3, 0.4) is 0 Å². The lowest BCUT2D eigenvalue weighted by molar-refractivity contribution is -0.138. The van der Waals surface area contributed by atoms with Gasteiger partial charge in [-0.2, -0.15) is 0 Å². The van der Waals surface area contributed by atoms with Crippen LogP contribution < -0.4 is 0 Å². The highest BCUT2D eigenvalue weighted by molar-refractivity contribution is 5.93. The van der Waals surface area contributed by atoms with E-state index in [1.165, 1.54) is 13.8 Å². The molecule has 1 saturated heterocycles. The molecule has 0 aliphatic carbocycles. The molecule has 0 bridgehead atoms. The molecule has 1 fully saturated rings. The summed E-state index contributed by atoms with van der Waals surface area (Å²) in [5.41, 5.74) is -0.716. The first-order valence-electron chi connectivity index (χ1n) is 4.47. The summed E-state index contributed by atoms with van der Waals surface area (Å²) >= 11 is 0. The molecule has 1 atom stereocenters. The Bertz CT molecular complexity index is 260. The first kappa shape index (κ1) is 9.96. The van der Waals surface area contributed by atoms with Gasteiger partial charge in [-0.25, -0.2) is 0 Å². The third-order valence-electron chi connectivity index (χ3n) is 2.75. The fraction of sp³-hybridized carbons (Fsp3) is 0.600. The minimum absolute atomic E-state index is 0.00944. The second-order valence-electron chi connectivity index (χ2n) is 3.46. The number of hydrogen-bond donors (Lipinski definition) is 0. The summed E-state index contributed by atoms with van der Waals surface area (Å²) in [6.07, 6.45) is 3.19. The molecule has 0 aromatic carbocycles. The zero-order valence-electron chi connectivity index (χ0n) is 8.17. The lowest BCUT2D eigenvalue weighted by Gasteiger charge is -2.32. The molecule has 72 valence electrons. The third kappa shape index (κ3) is 1.39. The molecule has 0 aromatic rings. The number of hydrogen-bond acceptors (Lipinski definition) is 2. The van der Waals surface area contributed by atoms with Crippen molar-refractivity contribution in [3.05, 3.63) is 12.7 Å². The molecule has 0 N–H and O–H groups in total. The second-order valence-corrected chi connectivity index (χ2v) is 3.46. The molecule has 0 saturated carbocycles. The van der Waals surface area contributed by atoms with Crippen molar-refractivity contribution in [2.24, 2.45) is 0 Å². The maximum absolute atomic E-state index is 11.4. The van der Waals surface area contributed by atoms with E-state index in [0.29, 0.717) is 13.0 Å². The zero-order chi connectivity index (χ0) is 10.1. The molecule has 1 heterocycles. The van der Waals surface area contributed by atoms with Crippen molar-refractivity contribution >= 4 is 11.7 Å². The highest BCUT2D eigenvalue weighted by atomic mass is 16.2. The molecule has 1 aliphatic heterocycles. The molecule has 1 amide bonds. The number of amides is 1. The van der Waals surface area contributed by atoms with E-state index in [-0.39, 0.29) is 11.7 Å². The van der Waals surface area contributed by atoms with Crippen LogP contribution >= 0.6 is 0 Å². The van der Waals surface area contributed by atoms with Gasteiger partial charge in [0.1, 0.15) is 5.54 Å². The highest BCUT2D eigenvalue weighted by Gasteiger charge is 2.43. The van der Waals surface area contributed by atoms with Gasteiger partial charge in [0, 0.05) is 13.5 Å². The van der Waals surface area contributed by atoms with Crippen molar-refractivity contribution in [3.63, 3.8) is 0 Å². The Hall–Kier alpha value is -1.12. The molecular formula is C10H15NO2. The van der Waals surface area contributed by atoms with Crippen LogP contribution in [-0.2, 0) is 9.59 Å². The van der Waals surface area contributed by atoms with Gasteiger partial charge in [0.15, 0.2) is 5.78 Å². The summed E-state index contributed by atoms with van der Waals surface area (Å²) in [6.45, 7) is 7.33. The molecule has 0 unspecified atom stereocenters. The van der Waals surface area contributed by atoms with Gasteiger partial charge in [0.05, 0.1) is 0 Å². The molecule has 13 heavy (non-hydrogen) atoms. The van der Waals surface area contributed by atoms with Gasteiger partial charge in [-0.3, -0.25) is 9.59 Å². The van der Waals surface area contributed by atoms with Gasteiger partial charge in [-0.05, 0) is 19.8 Å². The van der Waals surface area contributed by atoms with E-state index < -0.39 is 5.54 Å². The van der Waals surface area contributed by atoms with Crippen molar-refractivity contribution < 1.29 is 9.59 Å². The molecule has 0 aromatic heterocycles. The Balaban J connectivity index is 3.03. The zero-order valence-corrected chi connectivity index (χ0v) is 8.17. The molecule has 0 spiro atoms. The van der Waals surface area contributed by atoms with Crippen LogP contribution in [-0.4, -0.2) is 28.7 Å². The first-order valence-corrected chi connectivity index (χ1v) is 4.47. The Morgan fingerprint density at radius 1 is 1.46 bits per heavy atom. The molecule has 3 nitrogen and oxygen atoms in total. The van der Waals surface area contributed by atoms with Crippen LogP contribution in [0, 0.1) is 0 Å². The van der Waals surface area contributed by atoms with Gasteiger partial charge < -0.3 is 4.90 Å². The smallest absolute Gasteiger partial charge is 0.220 e. The first-order chi connectivity index (χ1) is 6.04. The summed E-state index contributed by atoms with van der Waals surface area (Å²) < 4.78 is 0. The molecular weight excluding hydrogens is 166 g/mol. The van der Waals surface area contributed by atoms with Crippen molar-refractivity contribution in [1.82, 2.24) is 4.90 Å². The van der Waals surface area contributed by atoms with Crippen molar-refractivity contribution in [2.75, 3.05) is 6.54 Å². The van der Waals surface area contributed by atoms with Gasteiger partial charge in [0.25, 0.3) is 0 Å². The van der Waals surface area contributed by atoms with E-state index in [0.717, 1.165) is 6.42 Å². The van der Waals surface area contributed by atoms with E-state index in [9.17, 15) is 9.59 Å². The number of carbonyl (C=O) groups is 2. The number of likely N-dealkylation sites (tertiary alicyclic amines) is 1. The minimum atomic E-state index is -0.716. The number of rotatable bonds is 2.